The average molecular weight is 255 g/mol. The third-order valence-electron chi connectivity index (χ3n) is 3.38. The van der Waals surface area contributed by atoms with Gasteiger partial charge < -0.3 is 10.6 Å². The summed E-state index contributed by atoms with van der Waals surface area (Å²) in [5.74, 6) is -3.68. The van der Waals surface area contributed by atoms with Gasteiger partial charge in [0.05, 0.1) is 0 Å². The van der Waals surface area contributed by atoms with Crippen LogP contribution in [-0.2, 0) is 4.79 Å². The summed E-state index contributed by atoms with van der Waals surface area (Å²) in [5.41, 5.74) is 5.52. The molecule has 6 heteroatoms. The Morgan fingerprint density at radius 2 is 1.88 bits per heavy atom. The first-order chi connectivity index (χ1) is 7.04. The molecule has 2 fully saturated rings. The van der Waals surface area contributed by atoms with Crippen molar-refractivity contribution < 1.29 is 13.6 Å². The normalized spacial score (nSPS) is 28.4. The standard InChI is InChI=1S/C10H16F2N2O.ClH/c11-10(12)5-8(10)9(15)14-3-1-7(6-13)2-4-14;/h7-8H,1-6,13H2;1H. The molecular weight excluding hydrogens is 238 g/mol. The van der Waals surface area contributed by atoms with Gasteiger partial charge in [0.25, 0.3) is 5.92 Å². The SMILES string of the molecule is Cl.NCC1CCN(C(=O)C2CC2(F)F)CC1. The van der Waals surface area contributed by atoms with Crippen LogP contribution in [0.4, 0.5) is 8.78 Å². The Morgan fingerprint density at radius 3 is 2.25 bits per heavy atom. The zero-order valence-electron chi connectivity index (χ0n) is 8.99. The Morgan fingerprint density at radius 1 is 1.38 bits per heavy atom. The molecule has 1 heterocycles. The summed E-state index contributed by atoms with van der Waals surface area (Å²) in [6.45, 7) is 1.81. The molecule has 1 amide bonds. The van der Waals surface area contributed by atoms with Crippen molar-refractivity contribution >= 4 is 18.3 Å². The van der Waals surface area contributed by atoms with Crippen LogP contribution in [0.3, 0.4) is 0 Å². The Balaban J connectivity index is 0.00000128. The number of piperidine rings is 1. The quantitative estimate of drug-likeness (QED) is 0.807. The van der Waals surface area contributed by atoms with Crippen LogP contribution in [0.2, 0.25) is 0 Å². The summed E-state index contributed by atoms with van der Waals surface area (Å²) in [6.07, 6.45) is 1.43. The van der Waals surface area contributed by atoms with Gasteiger partial charge >= 0.3 is 0 Å². The van der Waals surface area contributed by atoms with Crippen molar-refractivity contribution in [3.8, 4) is 0 Å². The number of carbonyl (C=O) groups is 1. The number of hydrogen-bond donors (Lipinski definition) is 1. The van der Waals surface area contributed by atoms with E-state index in [4.69, 9.17) is 5.73 Å². The minimum Gasteiger partial charge on any atom is -0.342 e. The van der Waals surface area contributed by atoms with E-state index in [9.17, 15) is 13.6 Å². The molecule has 0 spiro atoms. The van der Waals surface area contributed by atoms with Crippen molar-refractivity contribution in [1.29, 1.82) is 0 Å². The third-order valence-corrected chi connectivity index (χ3v) is 3.38. The Labute approximate surface area is 99.8 Å². The molecule has 2 rings (SSSR count). The summed E-state index contributed by atoms with van der Waals surface area (Å²) in [6, 6.07) is 0. The second-order valence-corrected chi connectivity index (χ2v) is 4.52. The van der Waals surface area contributed by atoms with Gasteiger partial charge in [-0.2, -0.15) is 0 Å². The van der Waals surface area contributed by atoms with E-state index in [0.717, 1.165) is 12.8 Å². The van der Waals surface area contributed by atoms with Gasteiger partial charge in [0, 0.05) is 19.5 Å². The molecule has 2 aliphatic rings. The molecule has 3 nitrogen and oxygen atoms in total. The lowest BCUT2D eigenvalue weighted by Crippen LogP contribution is -2.41. The van der Waals surface area contributed by atoms with Crippen LogP contribution < -0.4 is 5.73 Å². The van der Waals surface area contributed by atoms with Crippen LogP contribution >= 0.6 is 12.4 Å². The number of alkyl halides is 2. The van der Waals surface area contributed by atoms with E-state index in [-0.39, 0.29) is 24.7 Å². The smallest absolute Gasteiger partial charge is 0.260 e. The maximum Gasteiger partial charge on any atom is 0.260 e. The molecule has 1 aliphatic carbocycles. The molecule has 0 aromatic heterocycles. The first kappa shape index (κ1) is 13.6. The van der Waals surface area contributed by atoms with Gasteiger partial charge in [-0.25, -0.2) is 8.78 Å². The van der Waals surface area contributed by atoms with Crippen LogP contribution in [0.1, 0.15) is 19.3 Å². The van der Waals surface area contributed by atoms with E-state index in [2.05, 4.69) is 0 Å². The fourth-order valence-corrected chi connectivity index (χ4v) is 2.09. The van der Waals surface area contributed by atoms with Crippen molar-refractivity contribution in [2.24, 2.45) is 17.6 Å². The highest BCUT2D eigenvalue weighted by Gasteiger charge is 2.62. The van der Waals surface area contributed by atoms with Gasteiger partial charge in [0.1, 0.15) is 5.92 Å². The van der Waals surface area contributed by atoms with Gasteiger partial charge in [-0.05, 0) is 25.3 Å². The molecule has 0 aromatic rings. The summed E-state index contributed by atoms with van der Waals surface area (Å²) in [7, 11) is 0. The molecule has 1 saturated heterocycles. The molecule has 0 bridgehead atoms. The molecule has 0 radical (unpaired) electrons. The number of carbonyl (C=O) groups excluding carboxylic acids is 1. The minimum absolute atomic E-state index is 0. The molecule has 1 saturated carbocycles. The van der Waals surface area contributed by atoms with Crippen molar-refractivity contribution in [2.75, 3.05) is 19.6 Å². The van der Waals surface area contributed by atoms with E-state index in [0.29, 0.717) is 25.6 Å². The lowest BCUT2D eigenvalue weighted by molar-refractivity contribution is -0.136. The van der Waals surface area contributed by atoms with Crippen LogP contribution in [0.15, 0.2) is 0 Å². The molecule has 2 N–H and O–H groups in total. The molecule has 0 aromatic carbocycles. The summed E-state index contributed by atoms with van der Waals surface area (Å²) in [5, 5.41) is 0. The van der Waals surface area contributed by atoms with Crippen LogP contribution in [-0.4, -0.2) is 36.4 Å². The Kier molecular flexibility index (Phi) is 4.12. The molecule has 1 aliphatic heterocycles. The van der Waals surface area contributed by atoms with Crippen LogP contribution in [0, 0.1) is 11.8 Å². The number of amides is 1. The number of likely N-dealkylation sites (tertiary alicyclic amines) is 1. The van der Waals surface area contributed by atoms with Gasteiger partial charge in [0.15, 0.2) is 0 Å². The van der Waals surface area contributed by atoms with E-state index in [1.165, 1.54) is 0 Å². The topological polar surface area (TPSA) is 46.3 Å². The highest BCUT2D eigenvalue weighted by atomic mass is 35.5. The largest absolute Gasteiger partial charge is 0.342 e. The molecule has 94 valence electrons. The van der Waals surface area contributed by atoms with Crippen LogP contribution in [0.25, 0.3) is 0 Å². The molecular formula is C10H17ClF2N2O. The molecule has 1 atom stereocenters. The number of hydrogen-bond acceptors (Lipinski definition) is 2. The highest BCUT2D eigenvalue weighted by Crippen LogP contribution is 2.49. The number of nitrogens with zero attached hydrogens (tertiary/aromatic N) is 1. The fourth-order valence-electron chi connectivity index (χ4n) is 2.09. The first-order valence-electron chi connectivity index (χ1n) is 5.41. The summed E-state index contributed by atoms with van der Waals surface area (Å²) < 4.78 is 25.4. The van der Waals surface area contributed by atoms with Crippen molar-refractivity contribution in [3.05, 3.63) is 0 Å². The van der Waals surface area contributed by atoms with Crippen molar-refractivity contribution in [2.45, 2.75) is 25.2 Å². The maximum atomic E-state index is 12.7. The minimum atomic E-state index is -2.73. The van der Waals surface area contributed by atoms with Gasteiger partial charge in [-0.1, -0.05) is 0 Å². The lowest BCUT2D eigenvalue weighted by Gasteiger charge is -2.31. The Bertz CT molecular complexity index is 268. The maximum absolute atomic E-state index is 12.7. The zero-order chi connectivity index (χ0) is 11.1. The predicted octanol–water partition coefficient (Wildman–Crippen LogP) is 1.26. The van der Waals surface area contributed by atoms with E-state index in [1.54, 1.807) is 4.90 Å². The van der Waals surface area contributed by atoms with E-state index >= 15 is 0 Å². The first-order valence-corrected chi connectivity index (χ1v) is 5.41. The summed E-state index contributed by atoms with van der Waals surface area (Å²) >= 11 is 0. The highest BCUT2D eigenvalue weighted by molar-refractivity contribution is 5.85. The van der Waals surface area contributed by atoms with Crippen molar-refractivity contribution in [1.82, 2.24) is 4.90 Å². The second kappa shape index (κ2) is 4.84. The lowest BCUT2D eigenvalue weighted by atomic mass is 9.97. The fraction of sp³-hybridized carbons (Fsp3) is 0.900. The third kappa shape index (κ3) is 2.63. The zero-order valence-corrected chi connectivity index (χ0v) is 9.81. The predicted molar refractivity (Wildman–Crippen MR) is 58.7 cm³/mol. The van der Waals surface area contributed by atoms with Gasteiger partial charge in [-0.15, -0.1) is 12.4 Å². The summed E-state index contributed by atoms with van der Waals surface area (Å²) in [4.78, 5) is 13.2. The molecule has 16 heavy (non-hydrogen) atoms. The average Bonchev–Trinajstić information content (AvgIpc) is 2.87. The monoisotopic (exact) mass is 254 g/mol. The van der Waals surface area contributed by atoms with Gasteiger partial charge in [0.2, 0.25) is 5.91 Å². The van der Waals surface area contributed by atoms with Crippen molar-refractivity contribution in [3.63, 3.8) is 0 Å². The van der Waals surface area contributed by atoms with Gasteiger partial charge in [-0.3, -0.25) is 4.79 Å². The van der Waals surface area contributed by atoms with E-state index < -0.39 is 11.8 Å². The number of halogens is 3. The number of nitrogens with two attached hydrogens (primary N) is 1. The number of rotatable bonds is 2. The van der Waals surface area contributed by atoms with E-state index in [1.807, 2.05) is 0 Å². The Hall–Kier alpha value is -0.420. The van der Waals surface area contributed by atoms with Crippen LogP contribution in [0.5, 0.6) is 0 Å². The second-order valence-electron chi connectivity index (χ2n) is 4.52. The molecule has 1 unspecified atom stereocenters.